The Morgan fingerprint density at radius 3 is 2.44 bits per heavy atom. The van der Waals surface area contributed by atoms with Crippen molar-refractivity contribution in [2.75, 3.05) is 18.5 Å². The first-order valence-corrected chi connectivity index (χ1v) is 11.8. The van der Waals surface area contributed by atoms with E-state index in [9.17, 15) is 19.5 Å². The van der Waals surface area contributed by atoms with Crippen LogP contribution < -0.4 is 5.32 Å². The second-order valence-electron chi connectivity index (χ2n) is 8.62. The van der Waals surface area contributed by atoms with Crippen molar-refractivity contribution in [1.29, 1.82) is 0 Å². The van der Waals surface area contributed by atoms with Gasteiger partial charge in [-0.05, 0) is 42.0 Å². The number of benzene rings is 2. The van der Waals surface area contributed by atoms with E-state index in [0.717, 1.165) is 33.6 Å². The minimum atomic E-state index is -1.23. The van der Waals surface area contributed by atoms with E-state index in [0.29, 0.717) is 19.4 Å². The fraction of sp³-hybridized carbons (Fsp3) is 0.280. The molecule has 174 valence electrons. The molecule has 8 nitrogen and oxygen atoms in total. The number of hydrogen-bond donors (Lipinski definition) is 2. The molecule has 2 amide bonds. The third kappa shape index (κ3) is 3.71. The fourth-order valence-electron chi connectivity index (χ4n) is 4.80. The second-order valence-corrected chi connectivity index (χ2v) is 9.65. The number of aliphatic carboxylic acids is 1. The third-order valence-corrected chi connectivity index (χ3v) is 7.52. The quantitative estimate of drug-likeness (QED) is 0.557. The van der Waals surface area contributed by atoms with Gasteiger partial charge in [0.15, 0.2) is 5.13 Å². The first-order chi connectivity index (χ1) is 16.4. The molecule has 1 atom stereocenters. The van der Waals surface area contributed by atoms with Gasteiger partial charge < -0.3 is 14.7 Å². The summed E-state index contributed by atoms with van der Waals surface area (Å²) in [6, 6.07) is 16.2. The lowest BCUT2D eigenvalue weighted by molar-refractivity contribution is -0.147. The van der Waals surface area contributed by atoms with Crippen molar-refractivity contribution in [3.05, 3.63) is 70.7 Å². The maximum absolute atomic E-state index is 12.9. The van der Waals surface area contributed by atoms with Crippen LogP contribution in [-0.2, 0) is 9.53 Å². The molecule has 1 saturated heterocycles. The lowest BCUT2D eigenvalue weighted by Crippen LogP contribution is -2.50. The summed E-state index contributed by atoms with van der Waals surface area (Å²) in [6.07, 6.45) is 1.72. The number of carbonyl (C=O) groups is 3. The van der Waals surface area contributed by atoms with Gasteiger partial charge in [0, 0.05) is 12.5 Å². The molecule has 5 rings (SSSR count). The monoisotopic (exact) mass is 477 g/mol. The summed E-state index contributed by atoms with van der Waals surface area (Å²) in [4.78, 5) is 42.8. The number of carbonyl (C=O) groups excluding carboxylic acids is 2. The van der Waals surface area contributed by atoms with Crippen molar-refractivity contribution in [2.24, 2.45) is 0 Å². The topological polar surface area (TPSA) is 109 Å². The van der Waals surface area contributed by atoms with Gasteiger partial charge in [0.1, 0.15) is 17.0 Å². The SMILES string of the molecule is C[C@@]1(C(=O)O)CCCN1C(=O)c1cnc(NC(=O)OCC2c3ccccc3-c3ccccc32)s1. The Kier molecular flexibility index (Phi) is 5.57. The number of nitrogens with one attached hydrogen (secondary N) is 1. The lowest BCUT2D eigenvalue weighted by Gasteiger charge is -2.30. The Morgan fingerprint density at radius 1 is 1.15 bits per heavy atom. The summed E-state index contributed by atoms with van der Waals surface area (Å²) in [7, 11) is 0. The number of rotatable bonds is 5. The third-order valence-electron chi connectivity index (χ3n) is 6.62. The molecule has 34 heavy (non-hydrogen) atoms. The second kappa shape index (κ2) is 8.57. The molecule has 2 aliphatic rings. The maximum Gasteiger partial charge on any atom is 0.413 e. The molecule has 2 heterocycles. The Hall–Kier alpha value is -3.72. The molecule has 9 heteroatoms. The van der Waals surface area contributed by atoms with Crippen LogP contribution in [0, 0.1) is 0 Å². The molecule has 1 aromatic heterocycles. The number of carboxylic acids is 1. The van der Waals surface area contributed by atoms with Crippen LogP contribution in [-0.4, -0.2) is 51.7 Å². The molecule has 0 spiro atoms. The van der Waals surface area contributed by atoms with Crippen LogP contribution in [0.4, 0.5) is 9.93 Å². The number of amides is 2. The molecule has 0 radical (unpaired) electrons. The molecule has 1 aliphatic carbocycles. The van der Waals surface area contributed by atoms with Crippen molar-refractivity contribution in [2.45, 2.75) is 31.2 Å². The summed E-state index contributed by atoms with van der Waals surface area (Å²) < 4.78 is 5.52. The van der Waals surface area contributed by atoms with Gasteiger partial charge in [-0.3, -0.25) is 10.1 Å². The van der Waals surface area contributed by atoms with E-state index < -0.39 is 23.5 Å². The number of carboxylic acid groups (broad SMARTS) is 1. The first kappa shape index (κ1) is 22.1. The van der Waals surface area contributed by atoms with E-state index in [1.54, 1.807) is 6.92 Å². The Balaban J connectivity index is 1.24. The first-order valence-electron chi connectivity index (χ1n) is 11.0. The zero-order valence-electron chi connectivity index (χ0n) is 18.5. The van der Waals surface area contributed by atoms with Crippen LogP contribution in [0.1, 0.15) is 46.5 Å². The van der Waals surface area contributed by atoms with E-state index >= 15 is 0 Å². The minimum absolute atomic E-state index is 0.0598. The molecule has 0 unspecified atom stereocenters. The van der Waals surface area contributed by atoms with Crippen molar-refractivity contribution < 1.29 is 24.2 Å². The average Bonchev–Trinajstić information content (AvgIpc) is 3.54. The average molecular weight is 478 g/mol. The number of fused-ring (bicyclic) bond motifs is 3. The standard InChI is InChI=1S/C25H23N3O5S/c1-25(22(30)31)11-6-12-28(25)21(29)20-13-26-23(34-20)27-24(32)33-14-19-17-9-4-2-7-15(17)16-8-3-5-10-18(16)19/h2-5,7-10,13,19H,6,11-12,14H2,1H3,(H,30,31)(H,26,27,32)/t25-/m0/s1. The van der Waals surface area contributed by atoms with Gasteiger partial charge in [0.25, 0.3) is 5.91 Å². The van der Waals surface area contributed by atoms with Crippen LogP contribution in [0.5, 0.6) is 0 Å². The zero-order chi connectivity index (χ0) is 23.9. The zero-order valence-corrected chi connectivity index (χ0v) is 19.3. The van der Waals surface area contributed by atoms with Crippen molar-refractivity contribution in [1.82, 2.24) is 9.88 Å². The van der Waals surface area contributed by atoms with Crippen LogP contribution >= 0.6 is 11.3 Å². The Morgan fingerprint density at radius 2 is 1.79 bits per heavy atom. The van der Waals surface area contributed by atoms with Gasteiger partial charge in [-0.15, -0.1) is 0 Å². The Labute approximate surface area is 200 Å². The molecule has 3 aromatic rings. The van der Waals surface area contributed by atoms with Crippen LogP contribution in [0.3, 0.4) is 0 Å². The lowest BCUT2D eigenvalue weighted by atomic mass is 9.98. The van der Waals surface area contributed by atoms with E-state index in [1.165, 1.54) is 11.1 Å². The fourth-order valence-corrected chi connectivity index (χ4v) is 5.55. The van der Waals surface area contributed by atoms with Gasteiger partial charge in [0.2, 0.25) is 0 Å². The smallest absolute Gasteiger partial charge is 0.413 e. The highest BCUT2D eigenvalue weighted by Crippen LogP contribution is 2.44. The van der Waals surface area contributed by atoms with Crippen LogP contribution in [0.2, 0.25) is 0 Å². The maximum atomic E-state index is 12.9. The van der Waals surface area contributed by atoms with Gasteiger partial charge in [-0.1, -0.05) is 59.9 Å². The van der Waals surface area contributed by atoms with Gasteiger partial charge in [-0.2, -0.15) is 0 Å². The van der Waals surface area contributed by atoms with Crippen LogP contribution in [0.15, 0.2) is 54.7 Å². The largest absolute Gasteiger partial charge is 0.480 e. The summed E-state index contributed by atoms with van der Waals surface area (Å²) in [5.41, 5.74) is 3.29. The van der Waals surface area contributed by atoms with Crippen molar-refractivity contribution in [3.63, 3.8) is 0 Å². The Bertz CT molecular complexity index is 1240. The van der Waals surface area contributed by atoms with E-state index in [-0.39, 0.29) is 22.5 Å². The predicted molar refractivity (Wildman–Crippen MR) is 127 cm³/mol. The van der Waals surface area contributed by atoms with Gasteiger partial charge >= 0.3 is 12.1 Å². The molecule has 1 fully saturated rings. The number of nitrogens with zero attached hydrogens (tertiary/aromatic N) is 2. The molecule has 2 aromatic carbocycles. The number of aromatic nitrogens is 1. The number of hydrogen-bond acceptors (Lipinski definition) is 6. The summed E-state index contributed by atoms with van der Waals surface area (Å²) >= 11 is 0.997. The van der Waals surface area contributed by atoms with Crippen LogP contribution in [0.25, 0.3) is 11.1 Å². The number of anilines is 1. The van der Waals surface area contributed by atoms with Gasteiger partial charge in [0.05, 0.1) is 6.20 Å². The van der Waals surface area contributed by atoms with E-state index in [4.69, 9.17) is 4.74 Å². The van der Waals surface area contributed by atoms with Crippen molar-refractivity contribution in [3.8, 4) is 11.1 Å². The molecule has 2 N–H and O–H groups in total. The molecule has 0 saturated carbocycles. The summed E-state index contributed by atoms with van der Waals surface area (Å²) in [5, 5.41) is 12.4. The highest BCUT2D eigenvalue weighted by atomic mass is 32.1. The van der Waals surface area contributed by atoms with E-state index in [1.807, 2.05) is 36.4 Å². The molecule has 0 bridgehead atoms. The molecular formula is C25H23N3O5S. The number of ether oxygens (including phenoxy) is 1. The van der Waals surface area contributed by atoms with E-state index in [2.05, 4.69) is 22.4 Å². The van der Waals surface area contributed by atoms with Crippen molar-refractivity contribution >= 4 is 34.4 Å². The highest BCUT2D eigenvalue weighted by molar-refractivity contribution is 7.17. The van der Waals surface area contributed by atoms with Gasteiger partial charge in [-0.25, -0.2) is 14.6 Å². The number of thiazole rings is 1. The summed E-state index contributed by atoms with van der Waals surface area (Å²) in [5.74, 6) is -1.49. The predicted octanol–water partition coefficient (Wildman–Crippen LogP) is 4.58. The number of likely N-dealkylation sites (tertiary alicyclic amines) is 1. The normalized spacial score (nSPS) is 18.9. The minimum Gasteiger partial charge on any atom is -0.480 e. The summed E-state index contributed by atoms with van der Waals surface area (Å²) in [6.45, 7) is 2.09. The highest BCUT2D eigenvalue weighted by Gasteiger charge is 2.46. The molecule has 1 aliphatic heterocycles. The molecular weight excluding hydrogens is 454 g/mol.